The number of rotatable bonds is 6. The van der Waals surface area contributed by atoms with Crippen LogP contribution in [0.1, 0.15) is 15.9 Å². The van der Waals surface area contributed by atoms with Gasteiger partial charge in [0.05, 0.1) is 10.5 Å². The third-order valence-corrected chi connectivity index (χ3v) is 6.27. The Bertz CT molecular complexity index is 1080. The van der Waals surface area contributed by atoms with Gasteiger partial charge in [-0.3, -0.25) is 9.52 Å². The Morgan fingerprint density at radius 1 is 0.857 bits per heavy atom. The van der Waals surface area contributed by atoms with E-state index < -0.39 is 10.0 Å². The molecule has 0 saturated carbocycles. The normalized spacial score (nSPS) is 11.1. The third kappa shape index (κ3) is 4.74. The molecule has 0 unspecified atom stereocenters. The molecule has 0 aliphatic carbocycles. The Kier molecular flexibility index (Phi) is 6.06. The minimum absolute atomic E-state index is 0.121. The van der Waals surface area contributed by atoms with Crippen molar-refractivity contribution in [2.45, 2.75) is 16.7 Å². The van der Waals surface area contributed by atoms with Crippen molar-refractivity contribution in [1.82, 2.24) is 0 Å². The quantitative estimate of drug-likeness (QED) is 0.572. The van der Waals surface area contributed by atoms with Crippen molar-refractivity contribution in [2.75, 3.05) is 16.3 Å². The maximum atomic E-state index is 12.5. The molecule has 0 aliphatic rings. The Balaban J connectivity index is 1.74. The van der Waals surface area contributed by atoms with Crippen LogP contribution in [0, 0.1) is 6.92 Å². The van der Waals surface area contributed by atoms with E-state index in [1.807, 2.05) is 37.4 Å². The first-order valence-electron chi connectivity index (χ1n) is 8.53. The molecule has 1 amide bonds. The number of anilines is 2. The highest BCUT2D eigenvalue weighted by atomic mass is 32.2. The largest absolute Gasteiger partial charge is 0.322 e. The zero-order valence-electron chi connectivity index (χ0n) is 15.5. The first-order chi connectivity index (χ1) is 13.4. The Morgan fingerprint density at radius 2 is 1.46 bits per heavy atom. The summed E-state index contributed by atoms with van der Waals surface area (Å²) in [5.74, 6) is -0.238. The second-order valence-corrected chi connectivity index (χ2v) is 8.68. The number of hydrogen-bond acceptors (Lipinski definition) is 4. The number of thioether (sulfide) groups is 1. The topological polar surface area (TPSA) is 75.3 Å². The minimum atomic E-state index is -3.70. The SMILES string of the molecule is CSc1ccccc1C(=O)Nc1ccc(S(=O)(=O)Nc2ccc(C)cc2)cc1. The minimum Gasteiger partial charge on any atom is -0.322 e. The summed E-state index contributed by atoms with van der Waals surface area (Å²) in [6.07, 6.45) is 1.91. The van der Waals surface area contributed by atoms with Crippen LogP contribution in [-0.4, -0.2) is 20.6 Å². The Hall–Kier alpha value is -2.77. The fourth-order valence-corrected chi connectivity index (χ4v) is 4.24. The lowest BCUT2D eigenvalue weighted by molar-refractivity contribution is 0.102. The molecule has 0 fully saturated rings. The van der Waals surface area contributed by atoms with E-state index >= 15 is 0 Å². The van der Waals surface area contributed by atoms with Crippen molar-refractivity contribution in [3.63, 3.8) is 0 Å². The zero-order chi connectivity index (χ0) is 20.1. The summed E-state index contributed by atoms with van der Waals surface area (Å²) in [5.41, 5.74) is 2.64. The van der Waals surface area contributed by atoms with Crippen molar-refractivity contribution >= 4 is 39.1 Å². The molecule has 0 aromatic heterocycles. The molecule has 0 aliphatic heterocycles. The molecule has 3 rings (SSSR count). The molecule has 7 heteroatoms. The van der Waals surface area contributed by atoms with Crippen LogP contribution in [-0.2, 0) is 10.0 Å². The van der Waals surface area contributed by atoms with Crippen LogP contribution in [0.3, 0.4) is 0 Å². The van der Waals surface area contributed by atoms with E-state index in [0.717, 1.165) is 10.5 Å². The van der Waals surface area contributed by atoms with Gasteiger partial charge in [0.15, 0.2) is 0 Å². The fraction of sp³-hybridized carbons (Fsp3) is 0.0952. The number of amides is 1. The van der Waals surface area contributed by atoms with Gasteiger partial charge >= 0.3 is 0 Å². The van der Waals surface area contributed by atoms with Crippen molar-refractivity contribution in [2.24, 2.45) is 0 Å². The van der Waals surface area contributed by atoms with E-state index in [1.54, 1.807) is 36.4 Å². The van der Waals surface area contributed by atoms with Crippen LogP contribution in [0.2, 0.25) is 0 Å². The molecule has 144 valence electrons. The van der Waals surface area contributed by atoms with Gasteiger partial charge in [0.2, 0.25) is 0 Å². The lowest BCUT2D eigenvalue weighted by atomic mass is 10.2. The maximum Gasteiger partial charge on any atom is 0.261 e. The summed E-state index contributed by atoms with van der Waals surface area (Å²) >= 11 is 1.49. The fourth-order valence-electron chi connectivity index (χ4n) is 2.58. The van der Waals surface area contributed by atoms with Crippen molar-refractivity contribution in [3.8, 4) is 0 Å². The number of sulfonamides is 1. The first-order valence-corrected chi connectivity index (χ1v) is 11.2. The number of benzene rings is 3. The van der Waals surface area contributed by atoms with E-state index in [1.165, 1.54) is 23.9 Å². The average molecular weight is 413 g/mol. The summed E-state index contributed by atoms with van der Waals surface area (Å²) in [6.45, 7) is 1.93. The Morgan fingerprint density at radius 3 is 2.11 bits per heavy atom. The number of carbonyl (C=O) groups is 1. The number of nitrogens with one attached hydrogen (secondary N) is 2. The Labute approximate surface area is 169 Å². The van der Waals surface area contributed by atoms with Crippen LogP contribution in [0.5, 0.6) is 0 Å². The highest BCUT2D eigenvalue weighted by molar-refractivity contribution is 7.98. The van der Waals surface area contributed by atoms with Gasteiger partial charge in [-0.1, -0.05) is 29.8 Å². The van der Waals surface area contributed by atoms with E-state index in [-0.39, 0.29) is 10.8 Å². The molecule has 0 saturated heterocycles. The lowest BCUT2D eigenvalue weighted by Crippen LogP contribution is -2.14. The molecule has 3 aromatic rings. The maximum absolute atomic E-state index is 12.5. The standard InChI is InChI=1S/C21H20N2O3S2/c1-15-7-9-17(10-8-15)23-28(25,26)18-13-11-16(12-14-18)22-21(24)19-5-3-4-6-20(19)27-2/h3-14,23H,1-2H3,(H,22,24). The molecule has 0 atom stereocenters. The summed E-state index contributed by atoms with van der Waals surface area (Å²) in [7, 11) is -3.70. The molecular weight excluding hydrogens is 392 g/mol. The number of hydrogen-bond donors (Lipinski definition) is 2. The van der Waals surface area contributed by atoms with Gasteiger partial charge < -0.3 is 5.32 Å². The predicted molar refractivity (Wildman–Crippen MR) is 115 cm³/mol. The lowest BCUT2D eigenvalue weighted by Gasteiger charge is -2.11. The van der Waals surface area contributed by atoms with Gasteiger partial charge in [-0.25, -0.2) is 8.42 Å². The van der Waals surface area contributed by atoms with E-state index in [4.69, 9.17) is 0 Å². The van der Waals surface area contributed by atoms with Gasteiger partial charge in [0.1, 0.15) is 0 Å². The second-order valence-electron chi connectivity index (χ2n) is 6.15. The number of aryl methyl sites for hydroxylation is 1. The van der Waals surface area contributed by atoms with E-state index in [9.17, 15) is 13.2 Å². The van der Waals surface area contributed by atoms with Gasteiger partial charge in [0.25, 0.3) is 15.9 Å². The highest BCUT2D eigenvalue weighted by Gasteiger charge is 2.15. The van der Waals surface area contributed by atoms with Crippen LogP contribution < -0.4 is 10.0 Å². The number of carbonyl (C=O) groups excluding carboxylic acids is 1. The van der Waals surface area contributed by atoms with Crippen LogP contribution in [0.15, 0.2) is 82.6 Å². The van der Waals surface area contributed by atoms with Crippen molar-refractivity contribution in [3.05, 3.63) is 83.9 Å². The first kappa shape index (κ1) is 20.0. The van der Waals surface area contributed by atoms with Crippen LogP contribution >= 0.6 is 11.8 Å². The molecule has 28 heavy (non-hydrogen) atoms. The summed E-state index contributed by atoms with van der Waals surface area (Å²) < 4.78 is 27.6. The van der Waals surface area contributed by atoms with Crippen LogP contribution in [0.25, 0.3) is 0 Å². The monoisotopic (exact) mass is 412 g/mol. The van der Waals surface area contributed by atoms with Crippen molar-refractivity contribution < 1.29 is 13.2 Å². The second kappa shape index (κ2) is 8.50. The molecule has 5 nitrogen and oxygen atoms in total. The van der Waals surface area contributed by atoms with Crippen molar-refractivity contribution in [1.29, 1.82) is 0 Å². The molecule has 0 bridgehead atoms. The van der Waals surface area contributed by atoms with Gasteiger partial charge in [-0.2, -0.15) is 0 Å². The molecule has 2 N–H and O–H groups in total. The molecular formula is C21H20N2O3S2. The zero-order valence-corrected chi connectivity index (χ0v) is 17.1. The van der Waals surface area contributed by atoms with E-state index in [2.05, 4.69) is 10.0 Å². The van der Waals surface area contributed by atoms with Gasteiger partial charge in [-0.15, -0.1) is 11.8 Å². The summed E-state index contributed by atoms with van der Waals surface area (Å²) in [4.78, 5) is 13.5. The molecule has 0 heterocycles. The third-order valence-electron chi connectivity index (χ3n) is 4.08. The summed E-state index contributed by atoms with van der Waals surface area (Å²) in [5, 5.41) is 2.80. The average Bonchev–Trinajstić information content (AvgIpc) is 2.70. The van der Waals surface area contributed by atoms with Gasteiger partial charge in [0, 0.05) is 16.3 Å². The molecule has 3 aromatic carbocycles. The molecule has 0 radical (unpaired) electrons. The van der Waals surface area contributed by atoms with Crippen LogP contribution in [0.4, 0.5) is 11.4 Å². The van der Waals surface area contributed by atoms with Gasteiger partial charge in [-0.05, 0) is 61.7 Å². The highest BCUT2D eigenvalue weighted by Crippen LogP contribution is 2.22. The molecule has 0 spiro atoms. The predicted octanol–water partition coefficient (Wildman–Crippen LogP) is 4.77. The summed E-state index contributed by atoms with van der Waals surface area (Å²) in [6, 6.07) is 20.5. The van der Waals surface area contributed by atoms with E-state index in [0.29, 0.717) is 16.9 Å². The smallest absolute Gasteiger partial charge is 0.261 e.